The third kappa shape index (κ3) is 10.9. The number of hydrogen-bond acceptors (Lipinski definition) is 3. The zero-order chi connectivity index (χ0) is 6.57. The zero-order valence-electron chi connectivity index (χ0n) is 4.96. The van der Waals surface area contributed by atoms with Crippen LogP contribution in [0.15, 0.2) is 0 Å². The van der Waals surface area contributed by atoms with Crippen molar-refractivity contribution in [2.45, 2.75) is 12.8 Å². The summed E-state index contributed by atoms with van der Waals surface area (Å²) in [7, 11) is 0. The first kappa shape index (κ1) is 10.8. The van der Waals surface area contributed by atoms with Crippen molar-refractivity contribution in [2.75, 3.05) is 0 Å². The number of nitrogens with two attached hydrogens (primary N) is 1. The average Bonchev–Trinajstić information content (AvgIpc) is 1.61. The Morgan fingerprint density at radius 1 is 1.33 bits per heavy atom. The van der Waals surface area contributed by atoms with Crippen molar-refractivity contribution in [1.29, 1.82) is 0 Å². The van der Waals surface area contributed by atoms with Gasteiger partial charge in [0.1, 0.15) is 0 Å². The van der Waals surface area contributed by atoms with Crippen molar-refractivity contribution in [2.24, 2.45) is 5.73 Å². The lowest BCUT2D eigenvalue weighted by Crippen LogP contribution is -2.12. The van der Waals surface area contributed by atoms with Gasteiger partial charge in [-0.1, -0.05) is 0 Å². The molecule has 0 fully saturated rings. The van der Waals surface area contributed by atoms with Crippen LogP contribution in [0.3, 0.4) is 0 Å². The fourth-order valence-electron chi connectivity index (χ4n) is 0.230. The summed E-state index contributed by atoms with van der Waals surface area (Å²) < 4.78 is 0. The second-order valence-electron chi connectivity index (χ2n) is 1.36. The van der Waals surface area contributed by atoms with Crippen LogP contribution in [0.1, 0.15) is 12.8 Å². The molecule has 0 aromatic heterocycles. The molecule has 5 heteroatoms. The van der Waals surface area contributed by atoms with Gasteiger partial charge in [-0.15, -0.1) is 0 Å². The molecule has 0 spiro atoms. The molecule has 54 valence electrons. The predicted molar refractivity (Wildman–Crippen MR) is 31.1 cm³/mol. The highest BCUT2D eigenvalue weighted by atomic mass is 16.4. The Bertz CT molecular complexity index is 98.4. The molecule has 0 aliphatic carbocycles. The molecule has 6 N–H and O–H groups in total. The molecule has 0 saturated heterocycles. The van der Waals surface area contributed by atoms with E-state index in [0.717, 1.165) is 0 Å². The Labute approximate surface area is 52.4 Å². The molecule has 0 heterocycles. The number of aliphatic carboxylic acids is 1. The molecule has 1 amide bonds. The second-order valence-corrected chi connectivity index (χ2v) is 1.36. The van der Waals surface area contributed by atoms with Crippen LogP contribution < -0.4 is 11.9 Å². The second kappa shape index (κ2) is 5.04. The number of carbonyl (C=O) groups excluding carboxylic acids is 1. The normalized spacial score (nSPS) is 7.56. The summed E-state index contributed by atoms with van der Waals surface area (Å²) >= 11 is 0. The van der Waals surface area contributed by atoms with E-state index in [9.17, 15) is 9.59 Å². The number of primary amides is 1. The summed E-state index contributed by atoms with van der Waals surface area (Å²) in [6, 6.07) is 0. The van der Waals surface area contributed by atoms with Gasteiger partial charge in [-0.25, -0.2) is 0 Å². The van der Waals surface area contributed by atoms with Crippen LogP contribution in [0.25, 0.3) is 0 Å². The molecule has 0 rings (SSSR count). The van der Waals surface area contributed by atoms with Gasteiger partial charge in [-0.05, 0) is 0 Å². The Balaban J connectivity index is 0. The Kier molecular flexibility index (Phi) is 6.06. The summed E-state index contributed by atoms with van der Waals surface area (Å²) in [4.78, 5) is 19.6. The Morgan fingerprint density at radius 3 is 1.89 bits per heavy atom. The van der Waals surface area contributed by atoms with E-state index in [4.69, 9.17) is 5.11 Å². The van der Waals surface area contributed by atoms with Crippen LogP contribution in [0, 0.1) is 0 Å². The number of rotatable bonds is 3. The van der Waals surface area contributed by atoms with Gasteiger partial charge >= 0.3 is 5.97 Å². The summed E-state index contributed by atoms with van der Waals surface area (Å²) in [5.74, 6) is -1.57. The molecule has 0 aromatic carbocycles. The van der Waals surface area contributed by atoms with E-state index in [1.165, 1.54) is 0 Å². The standard InChI is InChI=1S/C4H7NO3.H3N/c5-3(6)1-2-4(7)8;/h1-2H2,(H2,5,6)(H,7,8);1H3. The van der Waals surface area contributed by atoms with E-state index in [-0.39, 0.29) is 19.0 Å². The van der Waals surface area contributed by atoms with Gasteiger partial charge in [0.15, 0.2) is 0 Å². The van der Waals surface area contributed by atoms with Crippen LogP contribution in [-0.2, 0) is 9.59 Å². The molecular formula is C4H10N2O3. The van der Waals surface area contributed by atoms with Crippen LogP contribution in [-0.4, -0.2) is 17.0 Å². The Morgan fingerprint density at radius 2 is 1.78 bits per heavy atom. The number of carbonyl (C=O) groups is 2. The smallest absolute Gasteiger partial charge is 0.303 e. The molecule has 0 aliphatic rings. The number of carboxylic acid groups (broad SMARTS) is 1. The van der Waals surface area contributed by atoms with Gasteiger partial charge in [-0.3, -0.25) is 9.59 Å². The summed E-state index contributed by atoms with van der Waals surface area (Å²) in [5.41, 5.74) is 4.64. The van der Waals surface area contributed by atoms with Crippen molar-refractivity contribution >= 4 is 11.9 Å². The van der Waals surface area contributed by atoms with E-state index in [2.05, 4.69) is 5.73 Å². The van der Waals surface area contributed by atoms with Crippen LogP contribution >= 0.6 is 0 Å². The molecule has 0 bridgehead atoms. The molecule has 5 nitrogen and oxygen atoms in total. The third-order valence-corrected chi connectivity index (χ3v) is 0.585. The maximum atomic E-state index is 9.86. The molecule has 0 atom stereocenters. The molecule has 0 aromatic rings. The Hall–Kier alpha value is -1.10. The van der Waals surface area contributed by atoms with Crippen molar-refractivity contribution in [3.8, 4) is 0 Å². The highest BCUT2D eigenvalue weighted by Gasteiger charge is 1.98. The van der Waals surface area contributed by atoms with Gasteiger partial charge < -0.3 is 17.0 Å². The monoisotopic (exact) mass is 134 g/mol. The van der Waals surface area contributed by atoms with Gasteiger partial charge in [0, 0.05) is 6.42 Å². The summed E-state index contributed by atoms with van der Waals surface area (Å²) in [5, 5.41) is 7.95. The van der Waals surface area contributed by atoms with Gasteiger partial charge in [0.05, 0.1) is 6.42 Å². The molecule has 0 saturated carbocycles. The summed E-state index contributed by atoms with van der Waals surface area (Å²) in [6.07, 6.45) is -0.245. The minimum atomic E-state index is -0.996. The third-order valence-electron chi connectivity index (χ3n) is 0.585. The quantitative estimate of drug-likeness (QED) is 0.482. The first-order chi connectivity index (χ1) is 3.63. The lowest BCUT2D eigenvalue weighted by Gasteiger charge is -1.86. The first-order valence-electron chi connectivity index (χ1n) is 2.13. The van der Waals surface area contributed by atoms with E-state index in [1.54, 1.807) is 0 Å². The SMILES string of the molecule is N.NC(=O)CCC(=O)O. The molecule has 0 radical (unpaired) electrons. The predicted octanol–water partition coefficient (Wildman–Crippen LogP) is -0.502. The molecule has 9 heavy (non-hydrogen) atoms. The lowest BCUT2D eigenvalue weighted by molar-refractivity contribution is -0.138. The molecular weight excluding hydrogens is 124 g/mol. The highest BCUT2D eigenvalue weighted by molar-refractivity contribution is 5.79. The lowest BCUT2D eigenvalue weighted by atomic mass is 10.3. The van der Waals surface area contributed by atoms with Crippen molar-refractivity contribution < 1.29 is 14.7 Å². The van der Waals surface area contributed by atoms with Crippen LogP contribution in [0.5, 0.6) is 0 Å². The molecule has 0 unspecified atom stereocenters. The number of amides is 1. The maximum absolute atomic E-state index is 9.86. The number of hydrogen-bond donors (Lipinski definition) is 3. The van der Waals surface area contributed by atoms with E-state index >= 15 is 0 Å². The van der Waals surface area contributed by atoms with Crippen LogP contribution in [0.4, 0.5) is 0 Å². The van der Waals surface area contributed by atoms with E-state index < -0.39 is 11.9 Å². The number of carboxylic acids is 1. The minimum Gasteiger partial charge on any atom is -0.481 e. The fourth-order valence-corrected chi connectivity index (χ4v) is 0.230. The maximum Gasteiger partial charge on any atom is 0.303 e. The van der Waals surface area contributed by atoms with Crippen LogP contribution in [0.2, 0.25) is 0 Å². The molecule has 0 aliphatic heterocycles. The van der Waals surface area contributed by atoms with Gasteiger partial charge in [0.2, 0.25) is 5.91 Å². The van der Waals surface area contributed by atoms with Gasteiger partial charge in [0.25, 0.3) is 0 Å². The topological polar surface area (TPSA) is 115 Å². The van der Waals surface area contributed by atoms with Crippen molar-refractivity contribution in [1.82, 2.24) is 6.15 Å². The average molecular weight is 134 g/mol. The van der Waals surface area contributed by atoms with Crippen molar-refractivity contribution in [3.05, 3.63) is 0 Å². The van der Waals surface area contributed by atoms with Gasteiger partial charge in [-0.2, -0.15) is 0 Å². The van der Waals surface area contributed by atoms with E-state index in [1.807, 2.05) is 0 Å². The summed E-state index contributed by atoms with van der Waals surface area (Å²) in [6.45, 7) is 0. The largest absolute Gasteiger partial charge is 0.481 e. The van der Waals surface area contributed by atoms with Crippen molar-refractivity contribution in [3.63, 3.8) is 0 Å². The fraction of sp³-hybridized carbons (Fsp3) is 0.500. The minimum absolute atomic E-state index is 0. The van der Waals surface area contributed by atoms with E-state index in [0.29, 0.717) is 0 Å². The first-order valence-corrected chi connectivity index (χ1v) is 2.13. The zero-order valence-corrected chi connectivity index (χ0v) is 4.96. The highest BCUT2D eigenvalue weighted by Crippen LogP contribution is 1.84.